The van der Waals surface area contributed by atoms with Gasteiger partial charge in [0.1, 0.15) is 11.6 Å². The first-order valence-electron chi connectivity index (χ1n) is 7.50. The molecule has 0 bridgehead atoms. The van der Waals surface area contributed by atoms with Crippen molar-refractivity contribution in [2.24, 2.45) is 7.05 Å². The van der Waals surface area contributed by atoms with Crippen molar-refractivity contribution in [2.45, 2.75) is 20.4 Å². The Morgan fingerprint density at radius 3 is 2.62 bits per heavy atom. The van der Waals surface area contributed by atoms with E-state index in [1.54, 1.807) is 41.5 Å². The molecule has 0 saturated heterocycles. The zero-order valence-electron chi connectivity index (χ0n) is 13.6. The molecule has 0 fully saturated rings. The first-order chi connectivity index (χ1) is 11.5. The van der Waals surface area contributed by atoms with Gasteiger partial charge in [0.05, 0.1) is 5.69 Å². The predicted octanol–water partition coefficient (Wildman–Crippen LogP) is 2.40. The van der Waals surface area contributed by atoms with Gasteiger partial charge in [-0.3, -0.25) is 14.8 Å². The Kier molecular flexibility index (Phi) is 4.11. The van der Waals surface area contributed by atoms with E-state index >= 15 is 0 Å². The number of aryl methyl sites for hydroxylation is 3. The maximum atomic E-state index is 13.1. The van der Waals surface area contributed by atoms with E-state index in [0.717, 1.165) is 5.56 Å². The maximum Gasteiger partial charge on any atom is 0.278 e. The summed E-state index contributed by atoms with van der Waals surface area (Å²) in [6.07, 6.45) is 0. The summed E-state index contributed by atoms with van der Waals surface area (Å²) in [5.41, 5.74) is 1.74. The number of aromatic nitrogens is 5. The molecular formula is C16H17FN6O. The number of rotatable bonds is 4. The number of amides is 1. The van der Waals surface area contributed by atoms with E-state index < -0.39 is 0 Å². The van der Waals surface area contributed by atoms with Crippen molar-refractivity contribution in [3.8, 4) is 11.3 Å². The van der Waals surface area contributed by atoms with Crippen LogP contribution in [0, 0.1) is 12.7 Å². The van der Waals surface area contributed by atoms with E-state index in [1.165, 1.54) is 12.1 Å². The highest BCUT2D eigenvalue weighted by atomic mass is 19.1. The quantitative estimate of drug-likeness (QED) is 0.798. The molecule has 0 spiro atoms. The molecule has 0 unspecified atom stereocenters. The minimum Gasteiger partial charge on any atom is -0.289 e. The smallest absolute Gasteiger partial charge is 0.278 e. The van der Waals surface area contributed by atoms with Gasteiger partial charge in [0.15, 0.2) is 5.69 Å². The van der Waals surface area contributed by atoms with Gasteiger partial charge in [-0.05, 0) is 49.7 Å². The number of hydrogen-bond acceptors (Lipinski definition) is 4. The average molecular weight is 328 g/mol. The normalized spacial score (nSPS) is 10.8. The summed E-state index contributed by atoms with van der Waals surface area (Å²) in [6, 6.07) is 7.68. The average Bonchev–Trinajstić information content (AvgIpc) is 3.11. The fourth-order valence-corrected chi connectivity index (χ4v) is 2.40. The van der Waals surface area contributed by atoms with Gasteiger partial charge in [0.2, 0.25) is 5.95 Å². The Bertz CT molecular complexity index is 881. The summed E-state index contributed by atoms with van der Waals surface area (Å²) in [7, 11) is 1.73. The number of carbonyl (C=O) groups excluding carboxylic acids is 1. The first-order valence-corrected chi connectivity index (χ1v) is 7.50. The van der Waals surface area contributed by atoms with Gasteiger partial charge in [-0.1, -0.05) is 0 Å². The Balaban J connectivity index is 1.86. The summed E-state index contributed by atoms with van der Waals surface area (Å²) >= 11 is 0. The van der Waals surface area contributed by atoms with Crippen LogP contribution in [0.1, 0.15) is 23.2 Å². The third kappa shape index (κ3) is 3.03. The van der Waals surface area contributed by atoms with Crippen molar-refractivity contribution in [2.75, 3.05) is 5.32 Å². The molecule has 3 rings (SSSR count). The summed E-state index contributed by atoms with van der Waals surface area (Å²) in [4.78, 5) is 16.6. The zero-order valence-corrected chi connectivity index (χ0v) is 13.6. The minimum atomic E-state index is -0.374. The van der Waals surface area contributed by atoms with Crippen LogP contribution in [0.15, 0.2) is 30.3 Å². The second-order valence-electron chi connectivity index (χ2n) is 5.30. The lowest BCUT2D eigenvalue weighted by Gasteiger charge is -2.02. The molecule has 0 aliphatic carbocycles. The molecule has 0 saturated carbocycles. The van der Waals surface area contributed by atoms with E-state index in [-0.39, 0.29) is 17.4 Å². The highest BCUT2D eigenvalue weighted by Crippen LogP contribution is 2.20. The summed E-state index contributed by atoms with van der Waals surface area (Å²) in [5.74, 6) is 0.281. The molecule has 2 aromatic heterocycles. The highest BCUT2D eigenvalue weighted by Gasteiger charge is 2.17. The molecule has 1 amide bonds. The maximum absolute atomic E-state index is 13.1. The second-order valence-corrected chi connectivity index (χ2v) is 5.30. The number of hydrogen-bond donors (Lipinski definition) is 1. The van der Waals surface area contributed by atoms with E-state index in [0.29, 0.717) is 24.0 Å². The van der Waals surface area contributed by atoms with Crippen LogP contribution < -0.4 is 5.32 Å². The molecule has 3 aromatic rings. The minimum absolute atomic E-state index is 0.250. The van der Waals surface area contributed by atoms with Crippen molar-refractivity contribution >= 4 is 11.9 Å². The molecule has 0 aliphatic heterocycles. The molecule has 8 heteroatoms. The van der Waals surface area contributed by atoms with E-state index in [1.807, 2.05) is 6.92 Å². The van der Waals surface area contributed by atoms with Crippen molar-refractivity contribution in [3.05, 3.63) is 47.7 Å². The fraction of sp³-hybridized carbons (Fsp3) is 0.250. The van der Waals surface area contributed by atoms with Gasteiger partial charge in [0.25, 0.3) is 5.91 Å². The molecular weight excluding hydrogens is 311 g/mol. The third-order valence-corrected chi connectivity index (χ3v) is 3.55. The van der Waals surface area contributed by atoms with Crippen LogP contribution in [0.25, 0.3) is 11.3 Å². The molecule has 1 N–H and O–H groups in total. The number of nitrogens with one attached hydrogen (secondary N) is 1. The van der Waals surface area contributed by atoms with Crippen molar-refractivity contribution in [1.82, 2.24) is 24.5 Å². The largest absolute Gasteiger partial charge is 0.289 e. The van der Waals surface area contributed by atoms with Crippen molar-refractivity contribution in [1.29, 1.82) is 0 Å². The van der Waals surface area contributed by atoms with Gasteiger partial charge in [-0.25, -0.2) is 9.07 Å². The zero-order chi connectivity index (χ0) is 17.3. The third-order valence-electron chi connectivity index (χ3n) is 3.55. The van der Waals surface area contributed by atoms with Gasteiger partial charge in [0, 0.05) is 13.6 Å². The monoisotopic (exact) mass is 328 g/mol. The highest BCUT2D eigenvalue weighted by molar-refractivity contribution is 6.02. The van der Waals surface area contributed by atoms with Crippen LogP contribution in [0.5, 0.6) is 0 Å². The summed E-state index contributed by atoms with van der Waals surface area (Å²) in [6.45, 7) is 4.27. The molecule has 1 aromatic carbocycles. The van der Waals surface area contributed by atoms with Gasteiger partial charge in [-0.2, -0.15) is 15.2 Å². The first kappa shape index (κ1) is 15.9. The van der Waals surface area contributed by atoms with Gasteiger partial charge < -0.3 is 0 Å². The van der Waals surface area contributed by atoms with Crippen LogP contribution in [-0.2, 0) is 13.6 Å². The Labute approximate surface area is 138 Å². The van der Waals surface area contributed by atoms with E-state index in [9.17, 15) is 9.18 Å². The van der Waals surface area contributed by atoms with E-state index in [4.69, 9.17) is 0 Å². The molecule has 0 atom stereocenters. The standard InChI is InChI=1S/C16H17FN6O/c1-4-23-16(18-10(2)20-23)19-15(24)13-9-14(22(3)21-13)11-5-7-12(17)8-6-11/h5-9H,4H2,1-3H3,(H,18,19,20,24). The molecule has 0 aliphatic rings. The van der Waals surface area contributed by atoms with Crippen LogP contribution in [0.4, 0.5) is 10.3 Å². The van der Waals surface area contributed by atoms with Crippen LogP contribution in [-0.4, -0.2) is 30.5 Å². The number of benzene rings is 1. The van der Waals surface area contributed by atoms with Gasteiger partial charge in [-0.15, -0.1) is 0 Å². The summed E-state index contributed by atoms with van der Waals surface area (Å²) in [5, 5.41) is 11.1. The van der Waals surface area contributed by atoms with Gasteiger partial charge >= 0.3 is 0 Å². The molecule has 2 heterocycles. The second kappa shape index (κ2) is 6.23. The molecule has 0 radical (unpaired) electrons. The van der Waals surface area contributed by atoms with Crippen LogP contribution >= 0.6 is 0 Å². The topological polar surface area (TPSA) is 77.6 Å². The molecule has 7 nitrogen and oxygen atoms in total. The predicted molar refractivity (Wildman–Crippen MR) is 87.0 cm³/mol. The lowest BCUT2D eigenvalue weighted by atomic mass is 10.1. The Hall–Kier alpha value is -3.03. The SMILES string of the molecule is CCn1nc(C)nc1NC(=O)c1cc(-c2ccc(F)cc2)n(C)n1. The molecule has 24 heavy (non-hydrogen) atoms. The number of anilines is 1. The van der Waals surface area contributed by atoms with Crippen molar-refractivity contribution < 1.29 is 9.18 Å². The Morgan fingerprint density at radius 1 is 1.25 bits per heavy atom. The lowest BCUT2D eigenvalue weighted by molar-refractivity contribution is 0.102. The number of halogens is 1. The Morgan fingerprint density at radius 2 is 1.96 bits per heavy atom. The van der Waals surface area contributed by atoms with Crippen LogP contribution in [0.3, 0.4) is 0 Å². The van der Waals surface area contributed by atoms with Crippen LogP contribution in [0.2, 0.25) is 0 Å². The lowest BCUT2D eigenvalue weighted by Crippen LogP contribution is -2.17. The fourth-order valence-electron chi connectivity index (χ4n) is 2.40. The van der Waals surface area contributed by atoms with E-state index in [2.05, 4.69) is 20.5 Å². The summed E-state index contributed by atoms with van der Waals surface area (Å²) < 4.78 is 16.2. The molecule has 124 valence electrons. The van der Waals surface area contributed by atoms with Crippen molar-refractivity contribution in [3.63, 3.8) is 0 Å². The number of nitrogens with zero attached hydrogens (tertiary/aromatic N) is 5. The number of carbonyl (C=O) groups is 1.